The summed E-state index contributed by atoms with van der Waals surface area (Å²) in [6.45, 7) is 8.41. The topological polar surface area (TPSA) is 49.3 Å². The number of carbonyl (C=O) groups is 1. The summed E-state index contributed by atoms with van der Waals surface area (Å²) in [5.41, 5.74) is 1.46. The van der Waals surface area contributed by atoms with Gasteiger partial charge in [-0.3, -0.25) is 4.79 Å². The fraction of sp³-hybridized carbons (Fsp3) is 0.762. The molecule has 3 fully saturated rings. The second-order valence-electron chi connectivity index (χ2n) is 9.10. The lowest BCUT2D eigenvalue weighted by Crippen LogP contribution is -2.54. The molecular formula is C21H32N4O. The first-order chi connectivity index (χ1) is 12.5. The van der Waals surface area contributed by atoms with Gasteiger partial charge in [0.25, 0.3) is 0 Å². The third-order valence-corrected chi connectivity index (χ3v) is 6.38. The summed E-state index contributed by atoms with van der Waals surface area (Å²) >= 11 is 0. The minimum absolute atomic E-state index is 0.244. The fourth-order valence-corrected chi connectivity index (χ4v) is 4.59. The summed E-state index contributed by atoms with van der Waals surface area (Å²) in [7, 11) is 0. The van der Waals surface area contributed by atoms with Crippen LogP contribution in [0, 0.1) is 11.3 Å². The molecule has 0 radical (unpaired) electrons. The lowest BCUT2D eigenvalue weighted by molar-refractivity contribution is -0.138. The van der Waals surface area contributed by atoms with Crippen LogP contribution in [-0.4, -0.2) is 47.0 Å². The first-order valence-electron chi connectivity index (χ1n) is 10.4. The van der Waals surface area contributed by atoms with Crippen molar-refractivity contribution in [2.45, 2.75) is 64.7 Å². The molecule has 0 N–H and O–H groups in total. The molecule has 1 aromatic rings. The number of amides is 1. The molecule has 26 heavy (non-hydrogen) atoms. The van der Waals surface area contributed by atoms with Crippen LogP contribution in [0.15, 0.2) is 12.4 Å². The highest BCUT2D eigenvalue weighted by Gasteiger charge is 2.42. The Morgan fingerprint density at radius 2 is 2.08 bits per heavy atom. The van der Waals surface area contributed by atoms with Gasteiger partial charge in [0.15, 0.2) is 0 Å². The Morgan fingerprint density at radius 1 is 1.23 bits per heavy atom. The maximum absolute atomic E-state index is 12.4. The highest BCUT2D eigenvalue weighted by molar-refractivity contribution is 5.77. The fourth-order valence-electron chi connectivity index (χ4n) is 4.59. The van der Waals surface area contributed by atoms with Crippen LogP contribution in [0.2, 0.25) is 0 Å². The predicted octanol–water partition coefficient (Wildman–Crippen LogP) is 3.61. The highest BCUT2D eigenvalue weighted by atomic mass is 16.2. The average Bonchev–Trinajstić information content (AvgIpc) is 3.48. The van der Waals surface area contributed by atoms with Gasteiger partial charge in [0.2, 0.25) is 5.91 Å². The van der Waals surface area contributed by atoms with Crippen molar-refractivity contribution < 1.29 is 4.79 Å². The molecule has 1 atom stereocenters. The smallest absolute Gasteiger partial charge is 0.222 e. The lowest BCUT2D eigenvalue weighted by atomic mass is 9.73. The van der Waals surface area contributed by atoms with Crippen molar-refractivity contribution in [2.75, 3.05) is 31.1 Å². The van der Waals surface area contributed by atoms with Crippen LogP contribution in [0.25, 0.3) is 0 Å². The maximum Gasteiger partial charge on any atom is 0.222 e. The molecule has 3 heterocycles. The van der Waals surface area contributed by atoms with Gasteiger partial charge in [-0.2, -0.15) is 0 Å². The molecule has 5 heteroatoms. The molecule has 1 amide bonds. The molecule has 1 aromatic heterocycles. The molecule has 0 aromatic carbocycles. The zero-order chi connectivity index (χ0) is 18.1. The van der Waals surface area contributed by atoms with Crippen molar-refractivity contribution in [1.82, 2.24) is 14.9 Å². The largest absolute Gasteiger partial charge is 0.356 e. The SMILES string of the molecule is CC(C)CCN1CC2(CCCN(c3cc(C4CC4)ncn3)C2)CCC1=O. The van der Waals surface area contributed by atoms with Crippen LogP contribution in [0.1, 0.15) is 70.4 Å². The number of likely N-dealkylation sites (tertiary alicyclic amines) is 1. The van der Waals surface area contributed by atoms with E-state index in [2.05, 4.69) is 39.7 Å². The van der Waals surface area contributed by atoms with Gasteiger partial charge in [-0.25, -0.2) is 9.97 Å². The van der Waals surface area contributed by atoms with Crippen LogP contribution in [0.3, 0.4) is 0 Å². The Hall–Kier alpha value is -1.65. The van der Waals surface area contributed by atoms with Crippen molar-refractivity contribution >= 4 is 11.7 Å². The summed E-state index contributed by atoms with van der Waals surface area (Å²) in [6.07, 6.45) is 9.54. The molecule has 5 nitrogen and oxygen atoms in total. The van der Waals surface area contributed by atoms with Crippen LogP contribution in [0.5, 0.6) is 0 Å². The van der Waals surface area contributed by atoms with Gasteiger partial charge in [0.05, 0.1) is 0 Å². The van der Waals surface area contributed by atoms with E-state index in [0.29, 0.717) is 24.2 Å². The van der Waals surface area contributed by atoms with Gasteiger partial charge in [-0.05, 0) is 44.4 Å². The number of carbonyl (C=O) groups excluding carboxylic acids is 1. The molecule has 2 aliphatic heterocycles. The maximum atomic E-state index is 12.4. The van der Waals surface area contributed by atoms with Crippen molar-refractivity contribution in [3.8, 4) is 0 Å². The molecule has 1 aliphatic carbocycles. The average molecular weight is 357 g/mol. The Kier molecular flexibility index (Phi) is 4.89. The second-order valence-corrected chi connectivity index (χ2v) is 9.10. The molecule has 1 saturated carbocycles. The number of hydrogen-bond acceptors (Lipinski definition) is 4. The van der Waals surface area contributed by atoms with Gasteiger partial charge >= 0.3 is 0 Å². The van der Waals surface area contributed by atoms with Crippen molar-refractivity contribution in [2.24, 2.45) is 11.3 Å². The van der Waals surface area contributed by atoms with E-state index < -0.39 is 0 Å². The number of anilines is 1. The third-order valence-electron chi connectivity index (χ3n) is 6.38. The lowest BCUT2D eigenvalue weighted by Gasteiger charge is -2.48. The van der Waals surface area contributed by atoms with Crippen LogP contribution in [0.4, 0.5) is 5.82 Å². The van der Waals surface area contributed by atoms with Gasteiger partial charge in [0.1, 0.15) is 12.1 Å². The van der Waals surface area contributed by atoms with E-state index in [1.165, 1.54) is 31.4 Å². The summed E-state index contributed by atoms with van der Waals surface area (Å²) < 4.78 is 0. The summed E-state index contributed by atoms with van der Waals surface area (Å²) in [5, 5.41) is 0. The van der Waals surface area contributed by atoms with E-state index in [9.17, 15) is 4.79 Å². The quantitative estimate of drug-likeness (QED) is 0.809. The van der Waals surface area contributed by atoms with Gasteiger partial charge in [-0.15, -0.1) is 0 Å². The normalized spacial score (nSPS) is 26.8. The first kappa shape index (κ1) is 17.7. The zero-order valence-electron chi connectivity index (χ0n) is 16.3. The standard InChI is InChI=1S/C21H32N4O/c1-16(2)7-11-25-14-21(9-6-20(25)26)8-3-10-24(13-21)19-12-18(17-4-5-17)22-15-23-19/h12,15-17H,3-11,13-14H2,1-2H3. The van der Waals surface area contributed by atoms with E-state index in [-0.39, 0.29) is 5.41 Å². The Bertz CT molecular complexity index is 657. The highest BCUT2D eigenvalue weighted by Crippen LogP contribution is 2.42. The Labute approximate surface area is 157 Å². The molecule has 1 spiro atoms. The molecule has 0 bridgehead atoms. The summed E-state index contributed by atoms with van der Waals surface area (Å²) in [5.74, 6) is 2.75. The predicted molar refractivity (Wildman–Crippen MR) is 103 cm³/mol. The first-order valence-corrected chi connectivity index (χ1v) is 10.4. The summed E-state index contributed by atoms with van der Waals surface area (Å²) in [6, 6.07) is 2.21. The minimum Gasteiger partial charge on any atom is -0.356 e. The van der Waals surface area contributed by atoms with Gasteiger partial charge in [0, 0.05) is 55.7 Å². The van der Waals surface area contributed by atoms with E-state index >= 15 is 0 Å². The Morgan fingerprint density at radius 3 is 2.85 bits per heavy atom. The number of piperidine rings is 2. The van der Waals surface area contributed by atoms with Crippen LogP contribution >= 0.6 is 0 Å². The molecule has 142 valence electrons. The molecular weight excluding hydrogens is 324 g/mol. The van der Waals surface area contributed by atoms with E-state index in [0.717, 1.165) is 44.8 Å². The molecule has 1 unspecified atom stereocenters. The van der Waals surface area contributed by atoms with Gasteiger partial charge < -0.3 is 9.80 Å². The number of hydrogen-bond donors (Lipinski definition) is 0. The minimum atomic E-state index is 0.244. The van der Waals surface area contributed by atoms with Crippen molar-refractivity contribution in [3.05, 3.63) is 18.1 Å². The van der Waals surface area contributed by atoms with E-state index in [4.69, 9.17) is 0 Å². The van der Waals surface area contributed by atoms with Gasteiger partial charge in [-0.1, -0.05) is 13.8 Å². The summed E-state index contributed by atoms with van der Waals surface area (Å²) in [4.78, 5) is 26.0. The van der Waals surface area contributed by atoms with E-state index in [1.54, 1.807) is 6.33 Å². The number of aromatic nitrogens is 2. The third kappa shape index (κ3) is 3.86. The van der Waals surface area contributed by atoms with Crippen LogP contribution in [-0.2, 0) is 4.79 Å². The van der Waals surface area contributed by atoms with Crippen LogP contribution < -0.4 is 4.90 Å². The second kappa shape index (κ2) is 7.16. The number of nitrogens with zero attached hydrogens (tertiary/aromatic N) is 4. The Balaban J connectivity index is 1.46. The molecule has 4 rings (SSSR count). The zero-order valence-corrected chi connectivity index (χ0v) is 16.3. The number of rotatable bonds is 5. The molecule has 2 saturated heterocycles. The van der Waals surface area contributed by atoms with Crippen molar-refractivity contribution in [1.29, 1.82) is 0 Å². The monoisotopic (exact) mass is 356 g/mol. The van der Waals surface area contributed by atoms with E-state index in [1.807, 2.05) is 0 Å². The molecule has 3 aliphatic rings. The van der Waals surface area contributed by atoms with Crippen molar-refractivity contribution in [3.63, 3.8) is 0 Å².